The summed E-state index contributed by atoms with van der Waals surface area (Å²) in [5.74, 6) is 1.94. The van der Waals surface area contributed by atoms with E-state index in [1.807, 2.05) is 0 Å². The molecule has 0 spiro atoms. The summed E-state index contributed by atoms with van der Waals surface area (Å²) < 4.78 is 6.68. The van der Waals surface area contributed by atoms with E-state index in [-0.39, 0.29) is 6.04 Å². The Morgan fingerprint density at radius 1 is 0.939 bits per heavy atom. The number of nitrogens with one attached hydrogen (secondary N) is 1. The molecular formula is C26H30N6O. The van der Waals surface area contributed by atoms with Crippen molar-refractivity contribution in [3.63, 3.8) is 0 Å². The summed E-state index contributed by atoms with van der Waals surface area (Å²) >= 11 is 0. The van der Waals surface area contributed by atoms with Crippen molar-refractivity contribution < 1.29 is 4.74 Å². The number of H-pyrrole nitrogens is 1. The highest BCUT2D eigenvalue weighted by atomic mass is 16.5. The monoisotopic (exact) mass is 442 g/mol. The van der Waals surface area contributed by atoms with Crippen LogP contribution in [0.4, 0.5) is 5.82 Å². The molecule has 1 atom stereocenters. The van der Waals surface area contributed by atoms with Crippen molar-refractivity contribution in [2.75, 3.05) is 31.1 Å². The number of benzene rings is 2. The molecule has 0 aliphatic carbocycles. The van der Waals surface area contributed by atoms with E-state index in [0.717, 1.165) is 48.7 Å². The number of likely N-dealkylation sites (tertiary alicyclic amines) is 1. The van der Waals surface area contributed by atoms with Crippen LogP contribution in [-0.4, -0.2) is 57.1 Å². The zero-order chi connectivity index (χ0) is 22.0. The molecule has 0 bridgehead atoms. The Labute approximate surface area is 193 Å². The van der Waals surface area contributed by atoms with Crippen molar-refractivity contribution in [1.82, 2.24) is 24.8 Å². The van der Waals surface area contributed by atoms with E-state index < -0.39 is 0 Å². The lowest BCUT2D eigenvalue weighted by Gasteiger charge is -2.29. The predicted octanol–water partition coefficient (Wildman–Crippen LogP) is 4.54. The van der Waals surface area contributed by atoms with Gasteiger partial charge in [0.1, 0.15) is 24.2 Å². The van der Waals surface area contributed by atoms with Crippen LogP contribution in [-0.2, 0) is 6.54 Å². The van der Waals surface area contributed by atoms with Crippen LogP contribution in [0, 0.1) is 0 Å². The Hall–Kier alpha value is -3.19. The number of hydrogen-bond acceptors (Lipinski definition) is 6. The van der Waals surface area contributed by atoms with E-state index in [1.54, 1.807) is 12.7 Å². The third-order valence-corrected chi connectivity index (χ3v) is 7.07. The highest BCUT2D eigenvalue weighted by molar-refractivity contribution is 5.89. The van der Waals surface area contributed by atoms with Crippen LogP contribution in [0.25, 0.3) is 21.9 Å². The summed E-state index contributed by atoms with van der Waals surface area (Å²) in [6, 6.07) is 13.3. The van der Waals surface area contributed by atoms with E-state index >= 15 is 0 Å². The fourth-order valence-corrected chi connectivity index (χ4v) is 5.37. The topological polar surface area (TPSA) is 70.2 Å². The number of ether oxygens (including phenoxy) is 1. The third-order valence-electron chi connectivity index (χ3n) is 7.07. The van der Waals surface area contributed by atoms with Gasteiger partial charge in [-0.15, -0.1) is 0 Å². The lowest BCUT2D eigenvalue weighted by atomic mass is 10.0. The van der Waals surface area contributed by atoms with Crippen LogP contribution < -0.4 is 9.64 Å². The number of hydrogen-bond donors (Lipinski definition) is 1. The molecule has 2 aliphatic rings. The number of anilines is 1. The lowest BCUT2D eigenvalue weighted by molar-refractivity contribution is 0.215. The molecule has 1 unspecified atom stereocenters. The Bertz CT molecular complexity index is 1250. The normalized spacial score (nSPS) is 19.5. The Kier molecular flexibility index (Phi) is 5.56. The van der Waals surface area contributed by atoms with Gasteiger partial charge in [0.15, 0.2) is 11.5 Å². The largest absolute Gasteiger partial charge is 0.490 e. The van der Waals surface area contributed by atoms with Gasteiger partial charge in [0, 0.05) is 24.0 Å². The molecule has 0 saturated carbocycles. The Morgan fingerprint density at radius 2 is 1.85 bits per heavy atom. The molecule has 2 aromatic carbocycles. The number of aromatic amines is 1. The van der Waals surface area contributed by atoms with Crippen molar-refractivity contribution in [2.24, 2.45) is 0 Å². The summed E-state index contributed by atoms with van der Waals surface area (Å²) in [5, 5.41) is 2.43. The summed E-state index contributed by atoms with van der Waals surface area (Å²) in [4.78, 5) is 21.4. The smallest absolute Gasteiger partial charge is 0.162 e. The first kappa shape index (κ1) is 20.4. The number of aromatic nitrogens is 4. The van der Waals surface area contributed by atoms with E-state index in [2.05, 4.69) is 66.1 Å². The minimum absolute atomic E-state index is 0.265. The molecule has 4 heterocycles. The second-order valence-electron chi connectivity index (χ2n) is 9.21. The summed E-state index contributed by atoms with van der Waals surface area (Å²) in [7, 11) is 0. The molecule has 2 saturated heterocycles. The molecule has 7 heteroatoms. The molecule has 0 amide bonds. The molecule has 4 aromatic rings. The summed E-state index contributed by atoms with van der Waals surface area (Å²) in [5.41, 5.74) is 2.90. The van der Waals surface area contributed by atoms with Crippen LogP contribution in [0.5, 0.6) is 5.75 Å². The average molecular weight is 443 g/mol. The second-order valence-corrected chi connectivity index (χ2v) is 9.21. The molecule has 0 radical (unpaired) electrons. The highest BCUT2D eigenvalue weighted by Crippen LogP contribution is 2.33. The molecule has 1 N–H and O–H groups in total. The first-order valence-electron chi connectivity index (χ1n) is 12.1. The fourth-order valence-electron chi connectivity index (χ4n) is 5.37. The molecular weight excluding hydrogens is 412 g/mol. The van der Waals surface area contributed by atoms with Crippen LogP contribution in [0.15, 0.2) is 49.1 Å². The second kappa shape index (κ2) is 8.98. The zero-order valence-corrected chi connectivity index (χ0v) is 18.9. The van der Waals surface area contributed by atoms with Gasteiger partial charge in [-0.2, -0.15) is 0 Å². The minimum Gasteiger partial charge on any atom is -0.490 e. The van der Waals surface area contributed by atoms with Crippen LogP contribution in [0.1, 0.15) is 37.7 Å². The first-order valence-corrected chi connectivity index (χ1v) is 12.1. The summed E-state index contributed by atoms with van der Waals surface area (Å²) in [6.45, 7) is 4.90. The van der Waals surface area contributed by atoms with Gasteiger partial charge >= 0.3 is 0 Å². The van der Waals surface area contributed by atoms with Crippen molar-refractivity contribution in [3.05, 3.63) is 54.6 Å². The van der Waals surface area contributed by atoms with Crippen molar-refractivity contribution in [3.8, 4) is 5.75 Å². The van der Waals surface area contributed by atoms with E-state index in [0.29, 0.717) is 6.61 Å². The van der Waals surface area contributed by atoms with Gasteiger partial charge in [0.25, 0.3) is 0 Å². The van der Waals surface area contributed by atoms with Gasteiger partial charge in [-0.25, -0.2) is 15.0 Å². The summed E-state index contributed by atoms with van der Waals surface area (Å²) in [6.07, 6.45) is 9.45. The highest BCUT2D eigenvalue weighted by Gasteiger charge is 2.29. The fraction of sp³-hybridized carbons (Fsp3) is 0.423. The van der Waals surface area contributed by atoms with Gasteiger partial charge in [-0.05, 0) is 44.2 Å². The standard InChI is InChI=1S/C26H30N6O/c1-4-12-31(13-5-1)15-20-11-10-19-7-2-3-9-22(19)24(20)33-16-21-8-6-14-32(21)26-23-25(28-17-27-23)29-18-30-26/h2-3,7,9-11,17-18,21H,1,4-6,8,12-16H2,(H,27,28,29,30). The van der Waals surface area contributed by atoms with E-state index in [1.165, 1.54) is 48.7 Å². The molecule has 7 nitrogen and oxygen atoms in total. The van der Waals surface area contributed by atoms with E-state index in [9.17, 15) is 0 Å². The van der Waals surface area contributed by atoms with Crippen LogP contribution in [0.2, 0.25) is 0 Å². The SMILES string of the molecule is c1ccc2c(OCC3CCCN3c3ncnc4[nH]cnc34)c(CN3CCCCC3)ccc2c1. The number of piperidine rings is 1. The molecule has 2 aromatic heterocycles. The molecule has 2 aliphatic heterocycles. The maximum atomic E-state index is 6.68. The third kappa shape index (κ3) is 4.02. The quantitative estimate of drug-likeness (QED) is 0.473. The van der Waals surface area contributed by atoms with Crippen molar-refractivity contribution >= 4 is 27.8 Å². The van der Waals surface area contributed by atoms with Gasteiger partial charge in [-0.3, -0.25) is 4.90 Å². The molecule has 2 fully saturated rings. The average Bonchev–Trinajstić information content (AvgIpc) is 3.53. The number of imidazole rings is 1. The number of nitrogens with zero attached hydrogens (tertiary/aromatic N) is 5. The van der Waals surface area contributed by atoms with Gasteiger partial charge < -0.3 is 14.6 Å². The van der Waals surface area contributed by atoms with Crippen molar-refractivity contribution in [1.29, 1.82) is 0 Å². The maximum Gasteiger partial charge on any atom is 0.162 e. The number of rotatable bonds is 6. The first-order chi connectivity index (χ1) is 16.4. The van der Waals surface area contributed by atoms with Gasteiger partial charge in [0.2, 0.25) is 0 Å². The number of fused-ring (bicyclic) bond motifs is 2. The van der Waals surface area contributed by atoms with Crippen molar-refractivity contribution in [2.45, 2.75) is 44.7 Å². The van der Waals surface area contributed by atoms with Gasteiger partial charge in [-0.1, -0.05) is 42.8 Å². The minimum atomic E-state index is 0.265. The molecule has 6 rings (SSSR count). The molecule has 33 heavy (non-hydrogen) atoms. The van der Waals surface area contributed by atoms with Gasteiger partial charge in [0.05, 0.1) is 12.4 Å². The maximum absolute atomic E-state index is 6.68. The predicted molar refractivity (Wildman–Crippen MR) is 131 cm³/mol. The lowest BCUT2D eigenvalue weighted by Crippen LogP contribution is -2.35. The Morgan fingerprint density at radius 3 is 2.79 bits per heavy atom. The zero-order valence-electron chi connectivity index (χ0n) is 18.9. The van der Waals surface area contributed by atoms with Crippen LogP contribution >= 0.6 is 0 Å². The van der Waals surface area contributed by atoms with E-state index in [4.69, 9.17) is 4.74 Å². The van der Waals surface area contributed by atoms with Crippen LogP contribution in [0.3, 0.4) is 0 Å². The Balaban J connectivity index is 1.28. The molecule has 170 valence electrons.